The van der Waals surface area contributed by atoms with Crippen molar-refractivity contribution in [2.75, 3.05) is 7.11 Å². The number of nitrogens with one attached hydrogen (secondary N) is 2. The summed E-state index contributed by atoms with van der Waals surface area (Å²) in [7, 11) is -2.34. The quantitative estimate of drug-likeness (QED) is 0.679. The van der Waals surface area contributed by atoms with E-state index in [1.165, 1.54) is 26.0 Å². The molecule has 1 aromatic rings. The third-order valence-corrected chi connectivity index (χ3v) is 7.83. The molecule has 2 N–H and O–H groups in total. The fourth-order valence-corrected chi connectivity index (χ4v) is 6.05. The van der Waals surface area contributed by atoms with Crippen LogP contribution >= 0.6 is 0 Å². The smallest absolute Gasteiger partial charge is 0.251 e. The van der Waals surface area contributed by atoms with Gasteiger partial charge in [-0.25, -0.2) is 13.1 Å². The molecule has 0 bridgehead atoms. The van der Waals surface area contributed by atoms with Gasteiger partial charge in [0.05, 0.1) is 7.11 Å². The number of hydrogen-bond donors (Lipinski definition) is 2. The molecule has 162 valence electrons. The lowest BCUT2D eigenvalue weighted by Crippen LogP contribution is -2.41. The monoisotopic (exact) mass is 422 g/mol. The van der Waals surface area contributed by atoms with E-state index in [1.54, 1.807) is 12.1 Å². The first kappa shape index (κ1) is 22.1. The number of amides is 1. The summed E-state index contributed by atoms with van der Waals surface area (Å²) >= 11 is 0. The van der Waals surface area contributed by atoms with Gasteiger partial charge in [-0.05, 0) is 49.8 Å². The van der Waals surface area contributed by atoms with Gasteiger partial charge in [0.25, 0.3) is 5.91 Å². The van der Waals surface area contributed by atoms with Crippen LogP contribution in [-0.2, 0) is 10.0 Å². The first-order chi connectivity index (χ1) is 13.9. The van der Waals surface area contributed by atoms with E-state index in [-0.39, 0.29) is 28.6 Å². The molecule has 7 heteroatoms. The summed E-state index contributed by atoms with van der Waals surface area (Å²) < 4.78 is 34.4. The molecule has 0 heterocycles. The van der Waals surface area contributed by atoms with Crippen LogP contribution in [0.25, 0.3) is 0 Å². The van der Waals surface area contributed by atoms with Crippen molar-refractivity contribution in [3.63, 3.8) is 0 Å². The Balaban J connectivity index is 1.79. The lowest BCUT2D eigenvalue weighted by molar-refractivity contribution is 0.0933. The van der Waals surface area contributed by atoms with E-state index in [2.05, 4.69) is 17.0 Å². The van der Waals surface area contributed by atoms with Crippen molar-refractivity contribution < 1.29 is 17.9 Å². The van der Waals surface area contributed by atoms with Gasteiger partial charge in [0.1, 0.15) is 10.6 Å². The van der Waals surface area contributed by atoms with E-state index in [0.717, 1.165) is 51.4 Å². The number of ether oxygens (including phenoxy) is 1. The Morgan fingerprint density at radius 1 is 1.00 bits per heavy atom. The number of rotatable bonds is 6. The van der Waals surface area contributed by atoms with Gasteiger partial charge in [0.15, 0.2) is 0 Å². The van der Waals surface area contributed by atoms with Gasteiger partial charge in [-0.3, -0.25) is 4.79 Å². The molecular formula is C22H34N2O4S. The summed E-state index contributed by atoms with van der Waals surface area (Å²) in [5, 5.41) is 3.08. The maximum Gasteiger partial charge on any atom is 0.251 e. The number of sulfonamides is 1. The first-order valence-corrected chi connectivity index (χ1v) is 12.4. The average molecular weight is 423 g/mol. The fourth-order valence-electron chi connectivity index (χ4n) is 4.47. The van der Waals surface area contributed by atoms with Crippen LogP contribution in [0.2, 0.25) is 0 Å². The predicted octanol–water partition coefficient (Wildman–Crippen LogP) is 4.00. The number of carbonyl (C=O) groups is 1. The van der Waals surface area contributed by atoms with E-state index in [4.69, 9.17) is 4.74 Å². The highest BCUT2D eigenvalue weighted by Crippen LogP contribution is 2.29. The maximum absolute atomic E-state index is 13.1. The van der Waals surface area contributed by atoms with Crippen LogP contribution in [0, 0.1) is 5.92 Å². The Morgan fingerprint density at radius 3 is 2.31 bits per heavy atom. The lowest BCUT2D eigenvalue weighted by atomic mass is 9.87. The van der Waals surface area contributed by atoms with E-state index in [9.17, 15) is 13.2 Å². The molecule has 0 spiro atoms. The van der Waals surface area contributed by atoms with E-state index in [1.807, 2.05) is 0 Å². The van der Waals surface area contributed by atoms with Gasteiger partial charge in [-0.15, -0.1) is 0 Å². The molecule has 0 saturated heterocycles. The third kappa shape index (κ3) is 5.72. The Labute approximate surface area is 174 Å². The summed E-state index contributed by atoms with van der Waals surface area (Å²) in [6.45, 7) is 2.08. The van der Waals surface area contributed by atoms with Gasteiger partial charge >= 0.3 is 0 Å². The van der Waals surface area contributed by atoms with Crippen LogP contribution in [0.4, 0.5) is 0 Å². The van der Waals surface area contributed by atoms with Crippen molar-refractivity contribution in [3.05, 3.63) is 23.8 Å². The number of hydrogen-bond acceptors (Lipinski definition) is 4. The molecule has 1 amide bonds. The van der Waals surface area contributed by atoms with Crippen LogP contribution in [0.1, 0.15) is 81.5 Å². The summed E-state index contributed by atoms with van der Waals surface area (Å²) in [5.74, 6) is 0.334. The van der Waals surface area contributed by atoms with Crippen molar-refractivity contribution in [3.8, 4) is 5.75 Å². The van der Waals surface area contributed by atoms with Crippen molar-refractivity contribution >= 4 is 15.9 Å². The molecule has 2 fully saturated rings. The van der Waals surface area contributed by atoms with Crippen LogP contribution in [-0.4, -0.2) is 33.5 Å². The molecule has 0 aliphatic heterocycles. The second-order valence-corrected chi connectivity index (χ2v) is 10.2. The highest BCUT2D eigenvalue weighted by molar-refractivity contribution is 7.89. The van der Waals surface area contributed by atoms with E-state index in [0.29, 0.717) is 11.5 Å². The van der Waals surface area contributed by atoms with E-state index < -0.39 is 10.0 Å². The Kier molecular flexibility index (Phi) is 7.57. The van der Waals surface area contributed by atoms with E-state index >= 15 is 0 Å². The van der Waals surface area contributed by atoms with Gasteiger partial charge in [0, 0.05) is 17.6 Å². The first-order valence-electron chi connectivity index (χ1n) is 10.9. The molecule has 29 heavy (non-hydrogen) atoms. The van der Waals surface area contributed by atoms with Crippen LogP contribution in [0.5, 0.6) is 5.75 Å². The summed E-state index contributed by atoms with van der Waals surface area (Å²) in [5.41, 5.74) is 0.354. The van der Waals surface area contributed by atoms with Crippen molar-refractivity contribution in [2.45, 2.75) is 88.1 Å². The van der Waals surface area contributed by atoms with Crippen molar-refractivity contribution in [1.82, 2.24) is 10.0 Å². The minimum Gasteiger partial charge on any atom is -0.495 e. The van der Waals surface area contributed by atoms with Gasteiger partial charge in [-0.1, -0.05) is 45.4 Å². The third-order valence-electron chi connectivity index (χ3n) is 6.32. The average Bonchev–Trinajstić information content (AvgIpc) is 2.97. The summed E-state index contributed by atoms with van der Waals surface area (Å²) in [4.78, 5) is 12.8. The van der Waals surface area contributed by atoms with Gasteiger partial charge in [0.2, 0.25) is 10.0 Å². The summed E-state index contributed by atoms with van der Waals surface area (Å²) in [6, 6.07) is 4.73. The SMILES string of the molecule is COc1ccc(C(=O)NC2CCCCCC2)cc1S(=O)(=O)NC1CCCCC1C. The van der Waals surface area contributed by atoms with Crippen LogP contribution < -0.4 is 14.8 Å². The molecule has 6 nitrogen and oxygen atoms in total. The second-order valence-electron chi connectivity index (χ2n) is 8.52. The highest BCUT2D eigenvalue weighted by atomic mass is 32.2. The van der Waals surface area contributed by atoms with Gasteiger partial charge < -0.3 is 10.1 Å². The molecule has 0 aromatic heterocycles. The van der Waals surface area contributed by atoms with Crippen LogP contribution in [0.3, 0.4) is 0 Å². The predicted molar refractivity (Wildman–Crippen MR) is 114 cm³/mol. The topological polar surface area (TPSA) is 84.5 Å². The molecule has 2 aliphatic rings. The number of benzene rings is 1. The molecule has 3 rings (SSSR count). The zero-order valence-corrected chi connectivity index (χ0v) is 18.4. The normalized spacial score (nSPS) is 23.9. The summed E-state index contributed by atoms with van der Waals surface area (Å²) in [6.07, 6.45) is 10.7. The highest BCUT2D eigenvalue weighted by Gasteiger charge is 2.29. The molecular weight excluding hydrogens is 388 g/mol. The standard InChI is InChI=1S/C22H34N2O4S/c1-16-9-7-8-12-19(16)24-29(26,27)21-15-17(13-14-20(21)28-2)22(25)23-18-10-5-3-4-6-11-18/h13-16,18-19,24H,3-12H2,1-2H3,(H,23,25). The minimum atomic E-state index is -3.79. The molecule has 1 aromatic carbocycles. The fraction of sp³-hybridized carbons (Fsp3) is 0.682. The van der Waals surface area contributed by atoms with Gasteiger partial charge in [-0.2, -0.15) is 0 Å². The number of carbonyl (C=O) groups excluding carboxylic acids is 1. The van der Waals surface area contributed by atoms with Crippen LogP contribution in [0.15, 0.2) is 23.1 Å². The molecule has 2 atom stereocenters. The second kappa shape index (κ2) is 9.94. The maximum atomic E-state index is 13.1. The number of methoxy groups -OCH3 is 1. The Bertz CT molecular complexity index is 801. The zero-order valence-electron chi connectivity index (χ0n) is 17.6. The van der Waals surface area contributed by atoms with Crippen molar-refractivity contribution in [2.24, 2.45) is 5.92 Å². The minimum absolute atomic E-state index is 0.0336. The van der Waals surface area contributed by atoms with Crippen molar-refractivity contribution in [1.29, 1.82) is 0 Å². The molecule has 0 radical (unpaired) electrons. The Morgan fingerprint density at radius 2 is 1.66 bits per heavy atom. The lowest BCUT2D eigenvalue weighted by Gasteiger charge is -2.29. The molecule has 2 saturated carbocycles. The zero-order chi connectivity index (χ0) is 20.9. The molecule has 2 unspecified atom stereocenters. The largest absolute Gasteiger partial charge is 0.495 e. The molecule has 2 aliphatic carbocycles. The Hall–Kier alpha value is -1.60.